The monoisotopic (exact) mass is 429 g/mol. The largest absolute Gasteiger partial charge is 0.416 e. The number of halogens is 3. The van der Waals surface area contributed by atoms with Crippen LogP contribution in [0.15, 0.2) is 46.3 Å². The highest BCUT2D eigenvalue weighted by Crippen LogP contribution is 2.31. The van der Waals surface area contributed by atoms with E-state index in [4.69, 9.17) is 5.73 Å². The maximum atomic E-state index is 12.7. The fourth-order valence-corrected chi connectivity index (χ4v) is 4.42. The van der Waals surface area contributed by atoms with Crippen molar-refractivity contribution in [2.24, 2.45) is 0 Å². The van der Waals surface area contributed by atoms with Crippen LogP contribution in [0.4, 0.5) is 18.9 Å². The van der Waals surface area contributed by atoms with Crippen LogP contribution in [0.3, 0.4) is 0 Å². The number of hydrogen-bond acceptors (Lipinski definition) is 6. The van der Waals surface area contributed by atoms with Gasteiger partial charge in [-0.15, -0.1) is 0 Å². The quantitative estimate of drug-likeness (QED) is 0.770. The minimum absolute atomic E-state index is 0.142. The Labute approximate surface area is 164 Å². The number of carbonyl (C=O) groups is 1. The van der Waals surface area contributed by atoms with Crippen LogP contribution in [0.25, 0.3) is 0 Å². The second kappa shape index (κ2) is 7.64. The number of nitrogens with two attached hydrogens (primary N) is 1. The molecular formula is C18H18F3N3O4S. The molecule has 0 saturated carbocycles. The Morgan fingerprint density at radius 2 is 1.90 bits per heavy atom. The summed E-state index contributed by atoms with van der Waals surface area (Å²) in [5.41, 5.74) is 4.56. The van der Waals surface area contributed by atoms with Gasteiger partial charge in [-0.2, -0.15) is 13.2 Å². The second-order valence-electron chi connectivity index (χ2n) is 6.61. The summed E-state index contributed by atoms with van der Waals surface area (Å²) < 4.78 is 63.4. The summed E-state index contributed by atoms with van der Waals surface area (Å²) >= 11 is 0. The van der Waals surface area contributed by atoms with E-state index in [-0.39, 0.29) is 33.8 Å². The molecule has 11 heteroatoms. The first kappa shape index (κ1) is 21.1. The van der Waals surface area contributed by atoms with Gasteiger partial charge < -0.3 is 15.7 Å². The average molecular weight is 429 g/mol. The highest BCUT2D eigenvalue weighted by molar-refractivity contribution is 7.91. The van der Waals surface area contributed by atoms with Crippen molar-refractivity contribution in [3.63, 3.8) is 0 Å². The number of nitrogen functional groups attached to an aromatic ring is 1. The van der Waals surface area contributed by atoms with Crippen molar-refractivity contribution in [2.45, 2.75) is 34.9 Å². The van der Waals surface area contributed by atoms with Gasteiger partial charge in [-0.1, -0.05) is 0 Å². The predicted molar refractivity (Wildman–Crippen MR) is 96.7 cm³/mol. The fourth-order valence-electron chi connectivity index (χ4n) is 3.18. The Morgan fingerprint density at radius 3 is 2.45 bits per heavy atom. The van der Waals surface area contributed by atoms with Crippen molar-refractivity contribution in [3.8, 4) is 0 Å². The normalized spacial score (nSPS) is 17.5. The molecule has 0 radical (unpaired) electrons. The van der Waals surface area contributed by atoms with Gasteiger partial charge in [0.05, 0.1) is 33.7 Å². The number of nitrogens with zero attached hydrogens (tertiary/aromatic N) is 2. The molecular weight excluding hydrogens is 411 g/mol. The maximum Gasteiger partial charge on any atom is 0.416 e. The lowest BCUT2D eigenvalue weighted by Gasteiger charge is -2.23. The van der Waals surface area contributed by atoms with Crippen LogP contribution in [-0.4, -0.2) is 48.5 Å². The standard InChI is InChI=1S/C18H18F3N3O4S/c19-18(20,21)11-3-5-13(6-4-11)29(27,28)14-8-15(22)16(23-9-14)17(26)24-7-1-2-12(24)10-25/h3-6,8-9,12,25H,1-2,7,10,22H2/t12-/m1/s1. The van der Waals surface area contributed by atoms with Gasteiger partial charge in [-0.05, 0) is 43.2 Å². The molecule has 0 unspecified atom stereocenters. The molecule has 1 atom stereocenters. The average Bonchev–Trinajstić information content (AvgIpc) is 3.15. The van der Waals surface area contributed by atoms with E-state index in [1.165, 1.54) is 4.90 Å². The number of aromatic nitrogens is 1. The molecule has 1 aromatic heterocycles. The van der Waals surface area contributed by atoms with E-state index >= 15 is 0 Å². The molecule has 2 aromatic rings. The molecule has 1 saturated heterocycles. The molecule has 1 aromatic carbocycles. The zero-order valence-electron chi connectivity index (χ0n) is 15.1. The van der Waals surface area contributed by atoms with Gasteiger partial charge in [0.1, 0.15) is 0 Å². The highest BCUT2D eigenvalue weighted by Gasteiger charge is 2.32. The Balaban J connectivity index is 1.90. The van der Waals surface area contributed by atoms with Gasteiger partial charge in [0.2, 0.25) is 9.84 Å². The first-order valence-electron chi connectivity index (χ1n) is 8.65. The first-order chi connectivity index (χ1) is 13.6. The Kier molecular flexibility index (Phi) is 5.54. The number of likely N-dealkylation sites (tertiary alicyclic amines) is 1. The van der Waals surface area contributed by atoms with Gasteiger partial charge >= 0.3 is 6.18 Å². The minimum Gasteiger partial charge on any atom is -0.397 e. The summed E-state index contributed by atoms with van der Waals surface area (Å²) in [7, 11) is -4.18. The number of anilines is 1. The zero-order valence-corrected chi connectivity index (χ0v) is 15.9. The zero-order chi connectivity index (χ0) is 21.4. The molecule has 7 nitrogen and oxygen atoms in total. The number of carbonyl (C=O) groups excluding carboxylic acids is 1. The number of benzene rings is 1. The molecule has 1 aliphatic rings. The topological polar surface area (TPSA) is 114 Å². The fraction of sp³-hybridized carbons (Fsp3) is 0.333. The van der Waals surface area contributed by atoms with Crippen LogP contribution in [0.2, 0.25) is 0 Å². The van der Waals surface area contributed by atoms with Crippen LogP contribution < -0.4 is 5.73 Å². The second-order valence-corrected chi connectivity index (χ2v) is 8.56. The molecule has 29 heavy (non-hydrogen) atoms. The molecule has 1 aliphatic heterocycles. The van der Waals surface area contributed by atoms with E-state index in [1.54, 1.807) is 0 Å². The van der Waals surface area contributed by atoms with Crippen LogP contribution in [0, 0.1) is 0 Å². The predicted octanol–water partition coefficient (Wildman–Crippen LogP) is 2.11. The van der Waals surface area contributed by atoms with E-state index in [0.717, 1.165) is 30.8 Å². The van der Waals surface area contributed by atoms with Crippen molar-refractivity contribution >= 4 is 21.4 Å². The van der Waals surface area contributed by atoms with Gasteiger partial charge in [0.25, 0.3) is 5.91 Å². The van der Waals surface area contributed by atoms with E-state index in [9.17, 15) is 31.5 Å². The van der Waals surface area contributed by atoms with E-state index in [2.05, 4.69) is 4.98 Å². The molecule has 1 fully saturated rings. The van der Waals surface area contributed by atoms with E-state index < -0.39 is 27.5 Å². The molecule has 3 rings (SSSR count). The molecule has 3 N–H and O–H groups in total. The Hall–Kier alpha value is -2.66. The van der Waals surface area contributed by atoms with Gasteiger partial charge in [-0.3, -0.25) is 4.79 Å². The summed E-state index contributed by atoms with van der Waals surface area (Å²) in [5.74, 6) is -0.516. The van der Waals surface area contributed by atoms with Gasteiger partial charge in [-0.25, -0.2) is 13.4 Å². The molecule has 1 amide bonds. The van der Waals surface area contributed by atoms with Gasteiger partial charge in [0.15, 0.2) is 5.69 Å². The number of amides is 1. The number of rotatable bonds is 4. The van der Waals surface area contributed by atoms with Crippen molar-refractivity contribution in [1.82, 2.24) is 9.88 Å². The number of aliphatic hydroxyl groups excluding tert-OH is 1. The minimum atomic E-state index is -4.59. The SMILES string of the molecule is Nc1cc(S(=O)(=O)c2ccc(C(F)(F)F)cc2)cnc1C(=O)N1CCC[C@@H]1CO. The summed E-state index contributed by atoms with van der Waals surface area (Å²) in [5, 5.41) is 9.35. The smallest absolute Gasteiger partial charge is 0.397 e. The molecule has 156 valence electrons. The number of alkyl halides is 3. The lowest BCUT2D eigenvalue weighted by atomic mass is 10.2. The molecule has 0 aliphatic carbocycles. The van der Waals surface area contributed by atoms with Crippen LogP contribution in [-0.2, 0) is 16.0 Å². The van der Waals surface area contributed by atoms with E-state index in [0.29, 0.717) is 25.1 Å². The summed E-state index contributed by atoms with van der Waals surface area (Å²) in [6, 6.07) is 3.75. The highest BCUT2D eigenvalue weighted by atomic mass is 32.2. The number of hydrogen-bond donors (Lipinski definition) is 2. The maximum absolute atomic E-state index is 12.7. The lowest BCUT2D eigenvalue weighted by molar-refractivity contribution is -0.137. The molecule has 2 heterocycles. The van der Waals surface area contributed by atoms with Crippen LogP contribution in [0.1, 0.15) is 28.9 Å². The number of sulfone groups is 1. The van der Waals surface area contributed by atoms with Crippen LogP contribution >= 0.6 is 0 Å². The van der Waals surface area contributed by atoms with Crippen LogP contribution in [0.5, 0.6) is 0 Å². The summed E-state index contributed by atoms with van der Waals surface area (Å²) in [4.78, 5) is 17.2. The molecule has 0 spiro atoms. The third-order valence-electron chi connectivity index (χ3n) is 4.75. The lowest BCUT2D eigenvalue weighted by Crippen LogP contribution is -2.38. The number of pyridine rings is 1. The third-order valence-corrected chi connectivity index (χ3v) is 6.48. The van der Waals surface area contributed by atoms with Crippen molar-refractivity contribution in [2.75, 3.05) is 18.9 Å². The van der Waals surface area contributed by atoms with Crippen molar-refractivity contribution in [3.05, 3.63) is 47.8 Å². The molecule has 0 bridgehead atoms. The van der Waals surface area contributed by atoms with Crippen molar-refractivity contribution in [1.29, 1.82) is 0 Å². The Morgan fingerprint density at radius 1 is 1.24 bits per heavy atom. The van der Waals surface area contributed by atoms with E-state index in [1.807, 2.05) is 0 Å². The van der Waals surface area contributed by atoms with Crippen molar-refractivity contribution < 1.29 is 31.5 Å². The van der Waals surface area contributed by atoms with Gasteiger partial charge in [0, 0.05) is 12.7 Å². The Bertz CT molecular complexity index is 1020. The first-order valence-corrected chi connectivity index (χ1v) is 10.1. The summed E-state index contributed by atoms with van der Waals surface area (Å²) in [6.45, 7) is 0.225. The summed E-state index contributed by atoms with van der Waals surface area (Å²) in [6.07, 6.45) is -2.28. The number of aliphatic hydroxyl groups is 1. The third kappa shape index (κ3) is 4.06.